The van der Waals surface area contributed by atoms with E-state index in [9.17, 15) is 4.79 Å². The summed E-state index contributed by atoms with van der Waals surface area (Å²) in [4.78, 5) is 12.8. The first-order valence-electron chi connectivity index (χ1n) is 11.2. The molecule has 0 aromatic heterocycles. The van der Waals surface area contributed by atoms with Crippen molar-refractivity contribution in [2.45, 2.75) is 57.8 Å². The zero-order chi connectivity index (χ0) is 21.1. The van der Waals surface area contributed by atoms with E-state index >= 15 is 0 Å². The number of benzene rings is 2. The lowest BCUT2D eigenvalue weighted by Crippen LogP contribution is -2.33. The lowest BCUT2D eigenvalue weighted by molar-refractivity contribution is -0.121. The van der Waals surface area contributed by atoms with E-state index in [1.165, 1.54) is 36.0 Å². The third-order valence-corrected chi connectivity index (χ3v) is 6.63. The first-order chi connectivity index (χ1) is 14.6. The van der Waals surface area contributed by atoms with Crippen LogP contribution >= 0.6 is 0 Å². The van der Waals surface area contributed by atoms with E-state index in [0.29, 0.717) is 6.61 Å². The molecule has 3 nitrogen and oxygen atoms in total. The standard InChI is InChI=1S/C27H32O3/c1-4-5-7-10-19-13-24(29-3)27-25(14-19)30-17-22-15-21(20-11-8-6-9-12-20)16-23(18(2)28)26(22)27/h6,8-9,11-15,21,23,26H,4-5,7,10,16-17H2,1-3H3/t21-,23-,26+/m0/s1. The number of carbonyl (C=O) groups is 1. The van der Waals surface area contributed by atoms with Crippen LogP contribution in [0.5, 0.6) is 11.5 Å². The van der Waals surface area contributed by atoms with E-state index in [2.05, 4.69) is 49.4 Å². The van der Waals surface area contributed by atoms with Gasteiger partial charge in [-0.2, -0.15) is 0 Å². The Kier molecular flexibility index (Phi) is 6.26. The maximum absolute atomic E-state index is 12.8. The Balaban J connectivity index is 1.74. The second kappa shape index (κ2) is 9.07. The summed E-state index contributed by atoms with van der Waals surface area (Å²) in [5.74, 6) is 2.24. The molecule has 3 heteroatoms. The van der Waals surface area contributed by atoms with Crippen LogP contribution in [0, 0.1) is 5.92 Å². The summed E-state index contributed by atoms with van der Waals surface area (Å²) in [6.07, 6.45) is 7.79. The predicted molar refractivity (Wildman–Crippen MR) is 121 cm³/mol. The molecule has 0 saturated carbocycles. The number of ether oxygens (including phenoxy) is 2. The molecule has 0 unspecified atom stereocenters. The zero-order valence-corrected chi connectivity index (χ0v) is 18.3. The van der Waals surface area contributed by atoms with Gasteiger partial charge in [0.15, 0.2) is 0 Å². The summed E-state index contributed by atoms with van der Waals surface area (Å²) in [7, 11) is 1.72. The normalized spacial score (nSPS) is 22.4. The highest BCUT2D eigenvalue weighted by atomic mass is 16.5. The number of aryl methyl sites for hydroxylation is 1. The highest BCUT2D eigenvalue weighted by Crippen LogP contribution is 2.52. The minimum absolute atomic E-state index is 0.0471. The summed E-state index contributed by atoms with van der Waals surface area (Å²) in [5.41, 5.74) is 4.78. The number of hydrogen-bond acceptors (Lipinski definition) is 3. The van der Waals surface area contributed by atoms with E-state index in [4.69, 9.17) is 9.47 Å². The van der Waals surface area contributed by atoms with Crippen LogP contribution in [0.1, 0.15) is 68.1 Å². The van der Waals surface area contributed by atoms with Gasteiger partial charge in [0.05, 0.1) is 7.11 Å². The second-order valence-corrected chi connectivity index (χ2v) is 8.64. The average molecular weight is 405 g/mol. The molecule has 0 bridgehead atoms. The number of rotatable bonds is 7. The lowest BCUT2D eigenvalue weighted by Gasteiger charge is -2.39. The van der Waals surface area contributed by atoms with Crippen molar-refractivity contribution >= 4 is 5.78 Å². The maximum Gasteiger partial charge on any atom is 0.133 e. The lowest BCUT2D eigenvalue weighted by atomic mass is 9.67. The summed E-state index contributed by atoms with van der Waals surface area (Å²) in [5, 5.41) is 0. The SMILES string of the molecule is CCCCCc1cc(OC)c2c(c1)OCC1=C[C@H](c3ccccc3)C[C@@H](C(C)=O)[C@@H]12. The van der Waals surface area contributed by atoms with Gasteiger partial charge in [-0.05, 0) is 55.0 Å². The van der Waals surface area contributed by atoms with Gasteiger partial charge in [-0.1, -0.05) is 56.2 Å². The number of fused-ring (bicyclic) bond motifs is 3. The van der Waals surface area contributed by atoms with Crippen molar-refractivity contribution in [2.24, 2.45) is 5.92 Å². The van der Waals surface area contributed by atoms with Crippen molar-refractivity contribution in [1.82, 2.24) is 0 Å². The Bertz CT molecular complexity index is 911. The van der Waals surface area contributed by atoms with Gasteiger partial charge in [0.2, 0.25) is 0 Å². The van der Waals surface area contributed by atoms with Crippen LogP contribution in [0.15, 0.2) is 54.1 Å². The summed E-state index contributed by atoms with van der Waals surface area (Å²) in [6, 6.07) is 14.8. The third-order valence-electron chi connectivity index (χ3n) is 6.63. The Hall–Kier alpha value is -2.55. The van der Waals surface area contributed by atoms with Crippen LogP contribution in [0.25, 0.3) is 0 Å². The fraction of sp³-hybridized carbons (Fsp3) is 0.444. The summed E-state index contributed by atoms with van der Waals surface area (Å²) in [6.45, 7) is 4.50. The molecule has 0 fully saturated rings. The van der Waals surface area contributed by atoms with Gasteiger partial charge >= 0.3 is 0 Å². The number of ketones is 1. The van der Waals surface area contributed by atoms with Crippen LogP contribution in [0.2, 0.25) is 0 Å². The van der Waals surface area contributed by atoms with E-state index in [1.54, 1.807) is 14.0 Å². The molecular weight excluding hydrogens is 372 g/mol. The molecule has 2 aromatic rings. The van der Waals surface area contributed by atoms with Gasteiger partial charge in [0.1, 0.15) is 23.9 Å². The van der Waals surface area contributed by atoms with Crippen LogP contribution < -0.4 is 9.47 Å². The molecule has 0 spiro atoms. The predicted octanol–water partition coefficient (Wildman–Crippen LogP) is 6.22. The van der Waals surface area contributed by atoms with Crippen molar-refractivity contribution < 1.29 is 14.3 Å². The largest absolute Gasteiger partial charge is 0.496 e. The molecule has 0 saturated heterocycles. The van der Waals surface area contributed by atoms with Crippen molar-refractivity contribution in [3.63, 3.8) is 0 Å². The van der Waals surface area contributed by atoms with E-state index in [1.807, 2.05) is 6.07 Å². The summed E-state index contributed by atoms with van der Waals surface area (Å²) >= 11 is 0. The molecule has 1 heterocycles. The molecule has 2 aromatic carbocycles. The minimum Gasteiger partial charge on any atom is -0.496 e. The number of methoxy groups -OCH3 is 1. The summed E-state index contributed by atoms with van der Waals surface area (Å²) < 4.78 is 12.1. The second-order valence-electron chi connectivity index (χ2n) is 8.64. The average Bonchev–Trinajstić information content (AvgIpc) is 2.78. The molecule has 2 aliphatic rings. The van der Waals surface area contributed by atoms with Gasteiger partial charge in [-0.3, -0.25) is 4.79 Å². The van der Waals surface area contributed by atoms with Gasteiger partial charge in [-0.25, -0.2) is 0 Å². The topological polar surface area (TPSA) is 35.5 Å². The van der Waals surface area contributed by atoms with Gasteiger partial charge in [0, 0.05) is 23.3 Å². The number of allylic oxidation sites excluding steroid dienone is 1. The molecule has 1 aliphatic carbocycles. The van der Waals surface area contributed by atoms with Crippen molar-refractivity contribution in [1.29, 1.82) is 0 Å². The Morgan fingerprint density at radius 2 is 1.97 bits per heavy atom. The molecule has 0 amide bonds. The number of unbranched alkanes of at least 4 members (excludes halogenated alkanes) is 2. The van der Waals surface area contributed by atoms with E-state index < -0.39 is 0 Å². The zero-order valence-electron chi connectivity index (χ0n) is 18.3. The quantitative estimate of drug-likeness (QED) is 0.406. The van der Waals surface area contributed by atoms with Crippen LogP contribution in [-0.2, 0) is 11.2 Å². The molecule has 0 radical (unpaired) electrons. The van der Waals surface area contributed by atoms with E-state index in [-0.39, 0.29) is 23.5 Å². The van der Waals surface area contributed by atoms with Crippen molar-refractivity contribution in [3.05, 3.63) is 70.8 Å². The Morgan fingerprint density at radius 3 is 2.67 bits per heavy atom. The van der Waals surface area contributed by atoms with Gasteiger partial charge < -0.3 is 9.47 Å². The van der Waals surface area contributed by atoms with Crippen LogP contribution in [0.3, 0.4) is 0 Å². The monoisotopic (exact) mass is 404 g/mol. The minimum atomic E-state index is -0.0577. The first kappa shape index (κ1) is 20.7. The van der Waals surface area contributed by atoms with Crippen molar-refractivity contribution in [3.8, 4) is 11.5 Å². The number of hydrogen-bond donors (Lipinski definition) is 0. The van der Waals surface area contributed by atoms with E-state index in [0.717, 1.165) is 29.9 Å². The highest BCUT2D eigenvalue weighted by molar-refractivity contribution is 5.81. The maximum atomic E-state index is 12.8. The fourth-order valence-electron chi connectivity index (χ4n) is 5.09. The smallest absolute Gasteiger partial charge is 0.133 e. The number of Topliss-reactive ketones (excluding diaryl/α,β-unsaturated/α-hetero) is 1. The number of carbonyl (C=O) groups excluding carboxylic acids is 1. The van der Waals surface area contributed by atoms with Crippen molar-refractivity contribution in [2.75, 3.05) is 13.7 Å². The fourth-order valence-corrected chi connectivity index (χ4v) is 5.09. The first-order valence-corrected chi connectivity index (χ1v) is 11.2. The molecule has 158 valence electrons. The van der Waals surface area contributed by atoms with Gasteiger partial charge in [-0.15, -0.1) is 0 Å². The Labute approximate surface area is 180 Å². The molecule has 3 atom stereocenters. The molecule has 30 heavy (non-hydrogen) atoms. The highest BCUT2D eigenvalue weighted by Gasteiger charge is 2.41. The third kappa shape index (κ3) is 4.03. The molecule has 4 rings (SSSR count). The van der Waals surface area contributed by atoms with Crippen LogP contribution in [0.4, 0.5) is 0 Å². The van der Waals surface area contributed by atoms with Gasteiger partial charge in [0.25, 0.3) is 0 Å². The molecule has 1 aliphatic heterocycles. The van der Waals surface area contributed by atoms with Crippen LogP contribution in [-0.4, -0.2) is 19.5 Å². The molecule has 0 N–H and O–H groups in total. The Morgan fingerprint density at radius 1 is 1.17 bits per heavy atom. The molecular formula is C27H32O3.